The first-order chi connectivity index (χ1) is 11.1. The highest BCUT2D eigenvalue weighted by Gasteiger charge is 2.33. The summed E-state index contributed by atoms with van der Waals surface area (Å²) in [6, 6.07) is 0.211. The minimum Gasteiger partial charge on any atom is -0.507 e. The zero-order valence-corrected chi connectivity index (χ0v) is 13.7. The Morgan fingerprint density at radius 3 is 2.70 bits per heavy atom. The number of likely N-dealkylation sites (N-methyl/N-ethyl adjacent to an activating group) is 1. The molecule has 1 amide bonds. The maximum Gasteiger partial charge on any atom is 0.267 e. The van der Waals surface area contributed by atoms with E-state index >= 15 is 0 Å². The van der Waals surface area contributed by atoms with E-state index in [-0.39, 0.29) is 22.9 Å². The first-order valence-electron chi connectivity index (χ1n) is 8.63. The Labute approximate surface area is 135 Å². The van der Waals surface area contributed by atoms with Gasteiger partial charge in [0.1, 0.15) is 11.3 Å². The van der Waals surface area contributed by atoms with Gasteiger partial charge in [-0.05, 0) is 45.1 Å². The fourth-order valence-corrected chi connectivity index (χ4v) is 3.36. The molecule has 1 fully saturated rings. The molecule has 6 nitrogen and oxygen atoms in total. The monoisotopic (exact) mass is 319 g/mol. The summed E-state index contributed by atoms with van der Waals surface area (Å²) in [6.07, 6.45) is 5.55. The molecule has 6 heteroatoms. The lowest BCUT2D eigenvalue weighted by Gasteiger charge is -2.23. The molecule has 0 unspecified atom stereocenters. The van der Waals surface area contributed by atoms with Crippen molar-refractivity contribution in [1.29, 1.82) is 0 Å². The maximum absolute atomic E-state index is 12.8. The SMILES string of the molecule is CCNCCNC(=O)c1c(O)c2c(n(C3CC3)c1=O)CCCC2. The van der Waals surface area contributed by atoms with Crippen molar-refractivity contribution in [2.45, 2.75) is 51.5 Å². The molecule has 0 aliphatic heterocycles. The van der Waals surface area contributed by atoms with Crippen molar-refractivity contribution in [3.63, 3.8) is 0 Å². The van der Waals surface area contributed by atoms with Crippen LogP contribution in [0.15, 0.2) is 4.79 Å². The van der Waals surface area contributed by atoms with E-state index in [4.69, 9.17) is 0 Å². The average Bonchev–Trinajstić information content (AvgIpc) is 3.37. The fraction of sp³-hybridized carbons (Fsp3) is 0.647. The smallest absolute Gasteiger partial charge is 0.267 e. The van der Waals surface area contributed by atoms with Gasteiger partial charge in [-0.3, -0.25) is 9.59 Å². The number of nitrogens with one attached hydrogen (secondary N) is 2. The molecule has 1 aromatic rings. The lowest BCUT2D eigenvalue weighted by atomic mass is 9.93. The molecule has 1 aromatic heterocycles. The Morgan fingerprint density at radius 1 is 1.26 bits per heavy atom. The summed E-state index contributed by atoms with van der Waals surface area (Å²) in [5.74, 6) is -0.560. The molecule has 0 bridgehead atoms. The van der Waals surface area contributed by atoms with Crippen LogP contribution in [-0.4, -0.2) is 35.2 Å². The van der Waals surface area contributed by atoms with Crippen LogP contribution in [0.4, 0.5) is 0 Å². The van der Waals surface area contributed by atoms with E-state index in [0.29, 0.717) is 13.1 Å². The number of fused-ring (bicyclic) bond motifs is 1. The molecule has 0 radical (unpaired) electrons. The van der Waals surface area contributed by atoms with Crippen LogP contribution < -0.4 is 16.2 Å². The van der Waals surface area contributed by atoms with Crippen LogP contribution in [0.1, 0.15) is 60.3 Å². The summed E-state index contributed by atoms with van der Waals surface area (Å²) in [5.41, 5.74) is 1.35. The number of hydrogen-bond donors (Lipinski definition) is 3. The molecule has 0 spiro atoms. The van der Waals surface area contributed by atoms with Crippen LogP contribution in [0.3, 0.4) is 0 Å². The number of carbonyl (C=O) groups is 1. The summed E-state index contributed by atoms with van der Waals surface area (Å²) < 4.78 is 1.79. The largest absolute Gasteiger partial charge is 0.507 e. The minimum absolute atomic E-state index is 0.0750. The van der Waals surface area contributed by atoms with Gasteiger partial charge in [-0.25, -0.2) is 0 Å². The van der Waals surface area contributed by atoms with Gasteiger partial charge in [-0.15, -0.1) is 0 Å². The van der Waals surface area contributed by atoms with Gasteiger partial charge in [0.05, 0.1) is 0 Å². The quantitative estimate of drug-likeness (QED) is 0.686. The molecule has 126 valence electrons. The van der Waals surface area contributed by atoms with Crippen LogP contribution >= 0.6 is 0 Å². The molecule has 2 aliphatic rings. The number of hydrogen-bond acceptors (Lipinski definition) is 4. The Kier molecular flexibility index (Phi) is 4.71. The second-order valence-corrected chi connectivity index (χ2v) is 6.37. The highest BCUT2D eigenvalue weighted by molar-refractivity contribution is 5.97. The molecule has 1 heterocycles. The number of aromatic nitrogens is 1. The summed E-state index contributed by atoms with van der Waals surface area (Å²) in [4.78, 5) is 25.2. The van der Waals surface area contributed by atoms with Crippen molar-refractivity contribution in [3.05, 3.63) is 27.2 Å². The van der Waals surface area contributed by atoms with Gasteiger partial charge in [0.2, 0.25) is 0 Å². The van der Waals surface area contributed by atoms with E-state index < -0.39 is 5.91 Å². The lowest BCUT2D eigenvalue weighted by molar-refractivity contribution is 0.0948. The van der Waals surface area contributed by atoms with Gasteiger partial charge in [-0.2, -0.15) is 0 Å². The standard InChI is InChI=1S/C17H25N3O3/c1-2-18-9-10-19-16(22)14-15(21)12-5-3-4-6-13(12)20(17(14)23)11-7-8-11/h11,18,21H,2-10H2,1H3,(H,19,22). The van der Waals surface area contributed by atoms with Crippen LogP contribution in [0, 0.1) is 0 Å². The summed E-state index contributed by atoms with van der Waals surface area (Å²) in [7, 11) is 0. The number of rotatable bonds is 6. The lowest BCUT2D eigenvalue weighted by Crippen LogP contribution is -2.38. The van der Waals surface area contributed by atoms with Crippen molar-refractivity contribution in [2.24, 2.45) is 0 Å². The van der Waals surface area contributed by atoms with Gasteiger partial charge in [-0.1, -0.05) is 6.92 Å². The van der Waals surface area contributed by atoms with Crippen LogP contribution in [0.2, 0.25) is 0 Å². The Morgan fingerprint density at radius 2 is 2.00 bits per heavy atom. The van der Waals surface area contributed by atoms with E-state index in [1.165, 1.54) is 0 Å². The second kappa shape index (κ2) is 6.74. The van der Waals surface area contributed by atoms with Gasteiger partial charge in [0, 0.05) is 30.4 Å². The van der Waals surface area contributed by atoms with E-state index in [0.717, 1.165) is 56.3 Å². The van der Waals surface area contributed by atoms with Gasteiger partial charge in [0.25, 0.3) is 11.5 Å². The molecule has 3 rings (SSSR count). The fourth-order valence-electron chi connectivity index (χ4n) is 3.36. The zero-order valence-electron chi connectivity index (χ0n) is 13.7. The first kappa shape index (κ1) is 16.1. The summed E-state index contributed by atoms with van der Waals surface area (Å²) in [5, 5.41) is 16.4. The Hall–Kier alpha value is -1.82. The highest BCUT2D eigenvalue weighted by atomic mass is 16.3. The maximum atomic E-state index is 12.8. The van der Waals surface area contributed by atoms with Crippen molar-refractivity contribution < 1.29 is 9.90 Å². The Bertz CT molecular complexity index is 662. The number of aromatic hydroxyl groups is 1. The van der Waals surface area contributed by atoms with Crippen molar-refractivity contribution >= 4 is 5.91 Å². The molecular formula is C17H25N3O3. The van der Waals surface area contributed by atoms with Crippen molar-refractivity contribution in [1.82, 2.24) is 15.2 Å². The van der Waals surface area contributed by atoms with Crippen molar-refractivity contribution in [3.8, 4) is 5.75 Å². The van der Waals surface area contributed by atoms with Gasteiger partial charge < -0.3 is 20.3 Å². The van der Waals surface area contributed by atoms with E-state index in [2.05, 4.69) is 10.6 Å². The number of pyridine rings is 1. The molecule has 2 aliphatic carbocycles. The van der Waals surface area contributed by atoms with E-state index in [1.807, 2.05) is 6.92 Å². The molecular weight excluding hydrogens is 294 g/mol. The predicted octanol–water partition coefficient (Wildman–Crippen LogP) is 1.11. The topological polar surface area (TPSA) is 83.4 Å². The molecule has 0 aromatic carbocycles. The van der Waals surface area contributed by atoms with Gasteiger partial charge >= 0.3 is 0 Å². The normalized spacial score (nSPS) is 16.9. The molecule has 1 saturated carbocycles. The highest BCUT2D eigenvalue weighted by Crippen LogP contribution is 2.39. The van der Waals surface area contributed by atoms with Crippen molar-refractivity contribution in [2.75, 3.05) is 19.6 Å². The van der Waals surface area contributed by atoms with E-state index in [1.54, 1.807) is 4.57 Å². The molecule has 23 heavy (non-hydrogen) atoms. The Balaban J connectivity index is 1.95. The van der Waals surface area contributed by atoms with E-state index in [9.17, 15) is 14.7 Å². The van der Waals surface area contributed by atoms with Crippen LogP contribution in [0.5, 0.6) is 5.75 Å². The number of nitrogens with zero attached hydrogens (tertiary/aromatic N) is 1. The first-order valence-corrected chi connectivity index (χ1v) is 8.63. The molecule has 0 atom stereocenters. The third kappa shape index (κ3) is 3.13. The molecule has 3 N–H and O–H groups in total. The minimum atomic E-state index is -0.465. The van der Waals surface area contributed by atoms with Gasteiger partial charge in [0.15, 0.2) is 0 Å². The summed E-state index contributed by atoms with van der Waals surface area (Å²) >= 11 is 0. The second-order valence-electron chi connectivity index (χ2n) is 6.37. The average molecular weight is 319 g/mol. The third-order valence-electron chi connectivity index (χ3n) is 4.66. The number of amides is 1. The summed E-state index contributed by atoms with van der Waals surface area (Å²) in [6.45, 7) is 3.90. The predicted molar refractivity (Wildman–Crippen MR) is 88.2 cm³/mol. The number of carbonyl (C=O) groups excluding carboxylic acids is 1. The molecule has 0 saturated heterocycles. The van der Waals surface area contributed by atoms with Crippen LogP contribution in [0.25, 0.3) is 0 Å². The third-order valence-corrected chi connectivity index (χ3v) is 4.66. The van der Waals surface area contributed by atoms with Crippen LogP contribution in [-0.2, 0) is 12.8 Å². The zero-order chi connectivity index (χ0) is 16.4.